The minimum absolute atomic E-state index is 0.132. The smallest absolute Gasteiger partial charge is 0.223 e. The van der Waals surface area contributed by atoms with Crippen molar-refractivity contribution in [3.8, 4) is 0 Å². The number of carbonyl (C=O) groups is 1. The average molecular weight is 224 g/mol. The van der Waals surface area contributed by atoms with Gasteiger partial charge in [0.25, 0.3) is 0 Å². The highest BCUT2D eigenvalue weighted by molar-refractivity contribution is 5.78. The molecule has 2 saturated heterocycles. The SMILES string of the molecule is CC(C)C(C)C(=O)NC1CC2CCC(C1)N2. The van der Waals surface area contributed by atoms with Crippen LogP contribution < -0.4 is 10.6 Å². The van der Waals surface area contributed by atoms with Gasteiger partial charge in [-0.1, -0.05) is 20.8 Å². The molecule has 3 unspecified atom stereocenters. The van der Waals surface area contributed by atoms with Crippen LogP contribution in [0, 0.1) is 11.8 Å². The normalized spacial score (nSPS) is 35.1. The van der Waals surface area contributed by atoms with E-state index in [4.69, 9.17) is 0 Å². The van der Waals surface area contributed by atoms with Crippen LogP contribution in [0.2, 0.25) is 0 Å². The lowest BCUT2D eigenvalue weighted by molar-refractivity contribution is -0.126. The van der Waals surface area contributed by atoms with Crippen LogP contribution in [0.3, 0.4) is 0 Å². The molecule has 16 heavy (non-hydrogen) atoms. The standard InChI is InChI=1S/C13H24N2O/c1-8(2)9(3)13(16)15-12-6-10-4-5-11(7-12)14-10/h8-12,14H,4-7H2,1-3H3,(H,15,16). The van der Waals surface area contributed by atoms with E-state index < -0.39 is 0 Å². The molecule has 92 valence electrons. The van der Waals surface area contributed by atoms with E-state index in [-0.39, 0.29) is 11.8 Å². The molecule has 3 nitrogen and oxygen atoms in total. The Morgan fingerprint density at radius 1 is 1.19 bits per heavy atom. The zero-order valence-corrected chi connectivity index (χ0v) is 10.6. The summed E-state index contributed by atoms with van der Waals surface area (Å²) >= 11 is 0. The number of fused-ring (bicyclic) bond motifs is 2. The second kappa shape index (κ2) is 4.74. The third-order valence-electron chi connectivity index (χ3n) is 4.23. The molecule has 3 atom stereocenters. The fraction of sp³-hybridized carbons (Fsp3) is 0.923. The van der Waals surface area contributed by atoms with Crippen LogP contribution in [-0.2, 0) is 4.79 Å². The molecule has 1 amide bonds. The van der Waals surface area contributed by atoms with E-state index in [2.05, 4.69) is 24.5 Å². The maximum absolute atomic E-state index is 12.0. The van der Waals surface area contributed by atoms with Gasteiger partial charge in [0, 0.05) is 24.0 Å². The van der Waals surface area contributed by atoms with Gasteiger partial charge in [-0.15, -0.1) is 0 Å². The Morgan fingerprint density at radius 2 is 1.75 bits per heavy atom. The van der Waals surface area contributed by atoms with Crippen molar-refractivity contribution >= 4 is 5.91 Å². The highest BCUT2D eigenvalue weighted by atomic mass is 16.1. The van der Waals surface area contributed by atoms with Crippen LogP contribution in [0.5, 0.6) is 0 Å². The van der Waals surface area contributed by atoms with Crippen molar-refractivity contribution in [2.24, 2.45) is 11.8 Å². The number of hydrogen-bond donors (Lipinski definition) is 2. The fourth-order valence-electron chi connectivity index (χ4n) is 2.81. The molecule has 2 fully saturated rings. The van der Waals surface area contributed by atoms with Gasteiger partial charge < -0.3 is 10.6 Å². The quantitative estimate of drug-likeness (QED) is 0.766. The lowest BCUT2D eigenvalue weighted by Gasteiger charge is -2.31. The second-order valence-electron chi connectivity index (χ2n) is 5.85. The lowest BCUT2D eigenvalue weighted by atomic mass is 9.95. The molecule has 2 bridgehead atoms. The van der Waals surface area contributed by atoms with Crippen LogP contribution in [0.15, 0.2) is 0 Å². The summed E-state index contributed by atoms with van der Waals surface area (Å²) in [6.45, 7) is 6.24. The first-order chi connectivity index (χ1) is 7.56. The molecule has 2 N–H and O–H groups in total. The molecule has 0 radical (unpaired) electrons. The molecule has 2 rings (SSSR count). The highest BCUT2D eigenvalue weighted by Crippen LogP contribution is 2.27. The van der Waals surface area contributed by atoms with E-state index in [1.807, 2.05) is 6.92 Å². The molecule has 2 aliphatic rings. The summed E-state index contributed by atoms with van der Waals surface area (Å²) in [5, 5.41) is 6.82. The van der Waals surface area contributed by atoms with Crippen molar-refractivity contribution in [3.05, 3.63) is 0 Å². The average Bonchev–Trinajstić information content (AvgIpc) is 2.56. The number of rotatable bonds is 3. The van der Waals surface area contributed by atoms with Crippen LogP contribution in [0.1, 0.15) is 46.5 Å². The summed E-state index contributed by atoms with van der Waals surface area (Å²) in [6, 6.07) is 1.71. The van der Waals surface area contributed by atoms with Crippen molar-refractivity contribution in [1.82, 2.24) is 10.6 Å². The number of piperidine rings is 1. The highest BCUT2D eigenvalue weighted by Gasteiger charge is 2.34. The zero-order chi connectivity index (χ0) is 11.7. The zero-order valence-electron chi connectivity index (χ0n) is 10.6. The number of hydrogen-bond acceptors (Lipinski definition) is 2. The second-order valence-corrected chi connectivity index (χ2v) is 5.85. The third-order valence-corrected chi connectivity index (χ3v) is 4.23. The van der Waals surface area contributed by atoms with Gasteiger partial charge in [0.05, 0.1) is 0 Å². The Morgan fingerprint density at radius 3 is 2.25 bits per heavy atom. The van der Waals surface area contributed by atoms with Crippen molar-refractivity contribution < 1.29 is 4.79 Å². The van der Waals surface area contributed by atoms with Gasteiger partial charge in [-0.05, 0) is 31.6 Å². The van der Waals surface area contributed by atoms with E-state index in [0.717, 1.165) is 12.8 Å². The van der Waals surface area contributed by atoms with Gasteiger partial charge in [-0.25, -0.2) is 0 Å². The Kier molecular flexibility index (Phi) is 3.53. The van der Waals surface area contributed by atoms with E-state index in [1.165, 1.54) is 12.8 Å². The van der Waals surface area contributed by atoms with Crippen molar-refractivity contribution in [1.29, 1.82) is 0 Å². The molecule has 2 aliphatic heterocycles. The molecule has 0 aliphatic carbocycles. The van der Waals surface area contributed by atoms with E-state index in [1.54, 1.807) is 0 Å². The largest absolute Gasteiger partial charge is 0.353 e. The minimum atomic E-state index is 0.132. The predicted molar refractivity (Wildman–Crippen MR) is 65.1 cm³/mol. The molecule has 0 spiro atoms. The van der Waals surface area contributed by atoms with E-state index in [0.29, 0.717) is 24.0 Å². The minimum Gasteiger partial charge on any atom is -0.353 e. The first-order valence-corrected chi connectivity index (χ1v) is 6.62. The van der Waals surface area contributed by atoms with E-state index >= 15 is 0 Å². The molecule has 0 aromatic carbocycles. The molecule has 3 heteroatoms. The lowest BCUT2D eigenvalue weighted by Crippen LogP contribution is -2.49. The van der Waals surface area contributed by atoms with Gasteiger partial charge in [-0.3, -0.25) is 4.79 Å². The first kappa shape index (κ1) is 11.9. The molecule has 0 aromatic heterocycles. The molecule has 2 heterocycles. The Bertz CT molecular complexity index is 253. The maximum atomic E-state index is 12.0. The summed E-state index contributed by atoms with van der Waals surface area (Å²) in [5.74, 6) is 0.798. The first-order valence-electron chi connectivity index (χ1n) is 6.62. The summed E-state index contributed by atoms with van der Waals surface area (Å²) < 4.78 is 0. The van der Waals surface area contributed by atoms with Gasteiger partial charge in [0.2, 0.25) is 5.91 Å². The van der Waals surface area contributed by atoms with Crippen LogP contribution >= 0.6 is 0 Å². The molecular weight excluding hydrogens is 200 g/mol. The van der Waals surface area contributed by atoms with Crippen LogP contribution in [0.25, 0.3) is 0 Å². The number of nitrogens with one attached hydrogen (secondary N) is 2. The van der Waals surface area contributed by atoms with Gasteiger partial charge in [0.1, 0.15) is 0 Å². The summed E-state index contributed by atoms with van der Waals surface area (Å²) in [7, 11) is 0. The van der Waals surface area contributed by atoms with Gasteiger partial charge >= 0.3 is 0 Å². The van der Waals surface area contributed by atoms with Crippen molar-refractivity contribution in [2.75, 3.05) is 0 Å². The Hall–Kier alpha value is -0.570. The van der Waals surface area contributed by atoms with Crippen molar-refractivity contribution in [2.45, 2.75) is 64.6 Å². The summed E-state index contributed by atoms with van der Waals surface area (Å²) in [4.78, 5) is 12.0. The number of amides is 1. The van der Waals surface area contributed by atoms with Crippen LogP contribution in [-0.4, -0.2) is 24.0 Å². The van der Waals surface area contributed by atoms with Gasteiger partial charge in [-0.2, -0.15) is 0 Å². The van der Waals surface area contributed by atoms with E-state index in [9.17, 15) is 4.79 Å². The predicted octanol–water partition coefficient (Wildman–Crippen LogP) is 1.68. The molecule has 0 aromatic rings. The van der Waals surface area contributed by atoms with Crippen LogP contribution in [0.4, 0.5) is 0 Å². The van der Waals surface area contributed by atoms with Gasteiger partial charge in [0.15, 0.2) is 0 Å². The van der Waals surface area contributed by atoms with Crippen molar-refractivity contribution in [3.63, 3.8) is 0 Å². The maximum Gasteiger partial charge on any atom is 0.223 e. The monoisotopic (exact) mass is 224 g/mol. The topological polar surface area (TPSA) is 41.1 Å². The Labute approximate surface area is 98.4 Å². The fourth-order valence-corrected chi connectivity index (χ4v) is 2.81. The summed E-state index contributed by atoms with van der Waals surface area (Å²) in [6.07, 6.45) is 4.81. The number of carbonyl (C=O) groups excluding carboxylic acids is 1. The summed E-state index contributed by atoms with van der Waals surface area (Å²) in [5.41, 5.74) is 0. The third kappa shape index (κ3) is 2.57. The molecule has 0 saturated carbocycles. The molecular formula is C13H24N2O. The Balaban J connectivity index is 1.83.